The first kappa shape index (κ1) is 26.9. The number of carbonyl (C=O) groups is 2. The molecule has 0 spiro atoms. The van der Waals surface area contributed by atoms with Crippen molar-refractivity contribution < 1.29 is 28.6 Å². The number of aromatic nitrogens is 1. The summed E-state index contributed by atoms with van der Waals surface area (Å²) in [6, 6.07) is 13.0. The number of halogens is 1. The Bertz CT molecular complexity index is 1320. The van der Waals surface area contributed by atoms with E-state index >= 15 is 0 Å². The van der Waals surface area contributed by atoms with Crippen molar-refractivity contribution in [3.05, 3.63) is 95.1 Å². The third kappa shape index (κ3) is 5.85. The van der Waals surface area contributed by atoms with Gasteiger partial charge in [-0.1, -0.05) is 19.9 Å². The zero-order chi connectivity index (χ0) is 27.2. The number of ketones is 1. The van der Waals surface area contributed by atoms with E-state index in [1.54, 1.807) is 42.7 Å². The molecule has 38 heavy (non-hydrogen) atoms. The number of nitrogens with zero attached hydrogens (tertiary/aromatic N) is 2. The number of likely N-dealkylation sites (tertiary alicyclic amines) is 1. The fraction of sp³-hybridized carbons (Fsp3) is 0.300. The lowest BCUT2D eigenvalue weighted by atomic mass is 9.94. The number of ether oxygens (including phenoxy) is 2. The van der Waals surface area contributed by atoms with Gasteiger partial charge in [-0.3, -0.25) is 14.6 Å². The SMILES string of the molecule is CCOc1cc(C2/C(=C(\O)c3ccc(F)cc3)C(=O)C(=O)N2Cc2ccncc2)ccc1OCCC(C)C. The van der Waals surface area contributed by atoms with Crippen LogP contribution in [-0.4, -0.2) is 39.9 Å². The van der Waals surface area contributed by atoms with Crippen LogP contribution in [-0.2, 0) is 16.1 Å². The Kier molecular flexibility index (Phi) is 8.41. The van der Waals surface area contributed by atoms with Gasteiger partial charge in [-0.25, -0.2) is 4.39 Å². The van der Waals surface area contributed by atoms with Crippen molar-refractivity contribution in [2.45, 2.75) is 39.8 Å². The number of amides is 1. The average Bonchev–Trinajstić information content (AvgIpc) is 3.15. The quantitative estimate of drug-likeness (QED) is 0.211. The maximum absolute atomic E-state index is 13.5. The lowest BCUT2D eigenvalue weighted by Crippen LogP contribution is -2.29. The molecule has 0 radical (unpaired) electrons. The highest BCUT2D eigenvalue weighted by Gasteiger charge is 2.46. The standard InChI is InChI=1S/C30H31FN2O5/c1-4-37-25-17-22(7-10-24(25)38-16-13-19(2)3)27-26(28(34)21-5-8-23(31)9-6-21)29(35)30(36)33(27)18-20-11-14-32-15-12-20/h5-12,14-15,17,19,27,34H,4,13,16,18H2,1-3H3/b28-26+. The van der Waals surface area contributed by atoms with Crippen LogP contribution in [0, 0.1) is 11.7 Å². The molecule has 1 amide bonds. The number of aliphatic hydroxyl groups excluding tert-OH is 1. The van der Waals surface area contributed by atoms with Gasteiger partial charge >= 0.3 is 0 Å². The van der Waals surface area contributed by atoms with Crippen molar-refractivity contribution in [2.24, 2.45) is 5.92 Å². The fourth-order valence-corrected chi connectivity index (χ4v) is 4.32. The Balaban J connectivity index is 1.81. The maximum Gasteiger partial charge on any atom is 0.295 e. The summed E-state index contributed by atoms with van der Waals surface area (Å²) in [7, 11) is 0. The lowest BCUT2D eigenvalue weighted by molar-refractivity contribution is -0.140. The minimum Gasteiger partial charge on any atom is -0.507 e. The summed E-state index contributed by atoms with van der Waals surface area (Å²) >= 11 is 0. The van der Waals surface area contributed by atoms with E-state index in [4.69, 9.17) is 9.47 Å². The van der Waals surface area contributed by atoms with Crippen molar-refractivity contribution in [3.8, 4) is 11.5 Å². The van der Waals surface area contributed by atoms with Gasteiger partial charge in [-0.15, -0.1) is 0 Å². The number of hydrogen-bond acceptors (Lipinski definition) is 6. The summed E-state index contributed by atoms with van der Waals surface area (Å²) in [5.41, 5.74) is 1.50. The van der Waals surface area contributed by atoms with E-state index in [0.717, 1.165) is 12.0 Å². The Morgan fingerprint density at radius 3 is 2.39 bits per heavy atom. The van der Waals surface area contributed by atoms with E-state index in [2.05, 4.69) is 18.8 Å². The summed E-state index contributed by atoms with van der Waals surface area (Å²) in [4.78, 5) is 32.0. The summed E-state index contributed by atoms with van der Waals surface area (Å²) in [6.07, 6.45) is 4.09. The van der Waals surface area contributed by atoms with Crippen molar-refractivity contribution in [2.75, 3.05) is 13.2 Å². The van der Waals surface area contributed by atoms with Crippen LogP contribution in [0.25, 0.3) is 5.76 Å². The molecule has 1 atom stereocenters. The van der Waals surface area contributed by atoms with E-state index in [-0.39, 0.29) is 23.4 Å². The predicted octanol–water partition coefficient (Wildman–Crippen LogP) is 5.67. The normalized spacial score (nSPS) is 16.8. The number of aliphatic hydroxyl groups is 1. The number of Topliss-reactive ketones (excluding diaryl/α,β-unsaturated/α-hetero) is 1. The third-order valence-electron chi connectivity index (χ3n) is 6.30. The molecule has 3 aromatic rings. The molecular weight excluding hydrogens is 487 g/mol. The highest BCUT2D eigenvalue weighted by molar-refractivity contribution is 6.46. The van der Waals surface area contributed by atoms with Gasteiger partial charge in [0, 0.05) is 24.5 Å². The molecule has 8 heteroatoms. The summed E-state index contributed by atoms with van der Waals surface area (Å²) in [5, 5.41) is 11.2. The van der Waals surface area contributed by atoms with Gasteiger partial charge in [0.15, 0.2) is 11.5 Å². The second kappa shape index (κ2) is 11.9. The molecule has 1 saturated heterocycles. The maximum atomic E-state index is 13.5. The van der Waals surface area contributed by atoms with Crippen LogP contribution in [0.2, 0.25) is 0 Å². The Morgan fingerprint density at radius 1 is 1.03 bits per heavy atom. The highest BCUT2D eigenvalue weighted by atomic mass is 19.1. The second-order valence-electron chi connectivity index (χ2n) is 9.46. The minimum absolute atomic E-state index is 0.0772. The molecule has 1 fully saturated rings. The lowest BCUT2D eigenvalue weighted by Gasteiger charge is -2.26. The molecule has 4 rings (SSSR count). The van der Waals surface area contributed by atoms with E-state index in [1.165, 1.54) is 29.2 Å². The second-order valence-corrected chi connectivity index (χ2v) is 9.46. The van der Waals surface area contributed by atoms with Gasteiger partial charge in [-0.05, 0) is 78.9 Å². The van der Waals surface area contributed by atoms with Crippen molar-refractivity contribution in [1.29, 1.82) is 0 Å². The first-order chi connectivity index (χ1) is 18.3. The molecule has 0 bridgehead atoms. The highest BCUT2D eigenvalue weighted by Crippen LogP contribution is 2.42. The van der Waals surface area contributed by atoms with Gasteiger partial charge in [0.25, 0.3) is 11.7 Å². The summed E-state index contributed by atoms with van der Waals surface area (Å²) in [6.45, 7) is 7.11. The smallest absolute Gasteiger partial charge is 0.295 e. The van der Waals surface area contributed by atoms with E-state index < -0.39 is 23.5 Å². The zero-order valence-electron chi connectivity index (χ0n) is 21.7. The van der Waals surface area contributed by atoms with Gasteiger partial charge in [-0.2, -0.15) is 0 Å². The summed E-state index contributed by atoms with van der Waals surface area (Å²) in [5.74, 6) is -0.909. The molecule has 1 N–H and O–H groups in total. The number of carbonyl (C=O) groups excluding carboxylic acids is 2. The van der Waals surface area contributed by atoms with E-state index in [1.807, 2.05) is 6.92 Å². The van der Waals surface area contributed by atoms with Crippen LogP contribution < -0.4 is 9.47 Å². The van der Waals surface area contributed by atoms with Crippen molar-refractivity contribution >= 4 is 17.4 Å². The summed E-state index contributed by atoms with van der Waals surface area (Å²) < 4.78 is 25.4. The van der Waals surface area contributed by atoms with Crippen LogP contribution in [0.3, 0.4) is 0 Å². The number of hydrogen-bond donors (Lipinski definition) is 1. The molecule has 1 aliphatic heterocycles. The molecule has 7 nitrogen and oxygen atoms in total. The molecule has 1 unspecified atom stereocenters. The molecule has 1 aliphatic rings. The molecule has 198 valence electrons. The third-order valence-corrected chi connectivity index (χ3v) is 6.30. The number of benzene rings is 2. The van der Waals surface area contributed by atoms with E-state index in [9.17, 15) is 19.1 Å². The van der Waals surface area contributed by atoms with Gasteiger partial charge in [0.1, 0.15) is 11.6 Å². The number of rotatable bonds is 10. The van der Waals surface area contributed by atoms with Gasteiger partial charge in [0.2, 0.25) is 0 Å². The first-order valence-corrected chi connectivity index (χ1v) is 12.6. The average molecular weight is 519 g/mol. The van der Waals surface area contributed by atoms with Gasteiger partial charge in [0.05, 0.1) is 24.8 Å². The molecule has 2 heterocycles. The largest absolute Gasteiger partial charge is 0.507 e. The van der Waals surface area contributed by atoms with Crippen molar-refractivity contribution in [3.63, 3.8) is 0 Å². The van der Waals surface area contributed by atoms with Crippen LogP contribution in [0.5, 0.6) is 11.5 Å². The van der Waals surface area contributed by atoms with Crippen LogP contribution >= 0.6 is 0 Å². The minimum atomic E-state index is -0.905. The number of pyridine rings is 1. The Morgan fingerprint density at radius 2 is 1.74 bits per heavy atom. The Labute approximate surface area is 221 Å². The molecule has 2 aromatic carbocycles. The monoisotopic (exact) mass is 518 g/mol. The van der Waals surface area contributed by atoms with Crippen LogP contribution in [0.15, 0.2) is 72.6 Å². The first-order valence-electron chi connectivity index (χ1n) is 12.6. The van der Waals surface area contributed by atoms with Gasteiger partial charge < -0.3 is 19.5 Å². The van der Waals surface area contributed by atoms with Crippen molar-refractivity contribution in [1.82, 2.24) is 9.88 Å². The van der Waals surface area contributed by atoms with Crippen LogP contribution in [0.1, 0.15) is 49.9 Å². The fourth-order valence-electron chi connectivity index (χ4n) is 4.32. The molecular formula is C30H31FN2O5. The van der Waals surface area contributed by atoms with E-state index in [0.29, 0.717) is 36.2 Å². The Hall–Kier alpha value is -4.20. The van der Waals surface area contributed by atoms with Crippen LogP contribution in [0.4, 0.5) is 4.39 Å². The molecule has 0 saturated carbocycles. The molecule has 0 aliphatic carbocycles. The molecule has 1 aromatic heterocycles. The zero-order valence-corrected chi connectivity index (χ0v) is 21.7. The predicted molar refractivity (Wildman–Crippen MR) is 141 cm³/mol. The topological polar surface area (TPSA) is 89.0 Å².